The second kappa shape index (κ2) is 38.0. The van der Waals surface area contributed by atoms with Crippen LogP contribution in [0.5, 0.6) is 0 Å². The zero-order valence-corrected chi connectivity index (χ0v) is 27.9. The van der Waals surface area contributed by atoms with Gasteiger partial charge in [-0.15, -0.1) is 0 Å². The van der Waals surface area contributed by atoms with Crippen molar-refractivity contribution >= 4 is 7.82 Å². The van der Waals surface area contributed by atoms with Crippen molar-refractivity contribution in [3.63, 3.8) is 0 Å². The molecule has 0 spiro atoms. The molecule has 0 amide bonds. The standard InChI is InChI=1S/C26H54O.C6H15O7P/c1-3-5-7-9-11-13-15-17-19-21-23-25-27-26-24-22-20-18-16-14-12-10-8-6-4-2;7-1-2-11-3-4-12-5-6-13-14(8,9)10/h3-26H2,1-2H3;7H,1-6H2,(H2,8,9,10). The summed E-state index contributed by atoms with van der Waals surface area (Å²) in [5.41, 5.74) is 0. The Hall–Kier alpha value is -0.0500. The molecule has 9 heteroatoms. The Bertz CT molecular complexity index is 480. The first kappa shape index (κ1) is 43.1. The molecular weight excluding hydrogens is 543 g/mol. The summed E-state index contributed by atoms with van der Waals surface area (Å²) in [6.07, 6.45) is 31.1. The molecule has 0 aromatic carbocycles. The van der Waals surface area contributed by atoms with Crippen LogP contribution in [0.25, 0.3) is 0 Å². The summed E-state index contributed by atoms with van der Waals surface area (Å²) in [5.74, 6) is 0. The minimum Gasteiger partial charge on any atom is -0.394 e. The lowest BCUT2D eigenvalue weighted by Crippen LogP contribution is -2.10. The Morgan fingerprint density at radius 1 is 0.415 bits per heavy atom. The van der Waals surface area contributed by atoms with Gasteiger partial charge in [-0.05, 0) is 12.8 Å². The summed E-state index contributed by atoms with van der Waals surface area (Å²) < 4.78 is 29.8. The van der Waals surface area contributed by atoms with Gasteiger partial charge in [-0.25, -0.2) is 4.57 Å². The molecule has 0 rings (SSSR count). The van der Waals surface area contributed by atoms with E-state index in [-0.39, 0.29) is 26.4 Å². The predicted molar refractivity (Wildman–Crippen MR) is 170 cm³/mol. The Morgan fingerprint density at radius 3 is 1.05 bits per heavy atom. The van der Waals surface area contributed by atoms with Crippen LogP contribution in [0.2, 0.25) is 0 Å². The number of ether oxygens (including phenoxy) is 3. The number of phosphoric ester groups is 1. The van der Waals surface area contributed by atoms with Gasteiger partial charge < -0.3 is 29.1 Å². The van der Waals surface area contributed by atoms with Gasteiger partial charge in [-0.2, -0.15) is 0 Å². The number of aliphatic hydroxyl groups excluding tert-OH is 1. The average molecular weight is 613 g/mol. The Kier molecular flexibility index (Phi) is 39.9. The molecule has 0 aliphatic heterocycles. The summed E-state index contributed by atoms with van der Waals surface area (Å²) in [5, 5.41) is 8.32. The van der Waals surface area contributed by atoms with Gasteiger partial charge in [0.25, 0.3) is 0 Å². The van der Waals surface area contributed by atoms with E-state index < -0.39 is 7.82 Å². The SMILES string of the molecule is CCCCCCCCCCCCCOCCCCCCCCCCCCC.O=P(O)(O)OCCOCCOCCO. The smallest absolute Gasteiger partial charge is 0.394 e. The maximum Gasteiger partial charge on any atom is 0.469 e. The normalized spacial score (nSPS) is 11.5. The van der Waals surface area contributed by atoms with Crippen LogP contribution >= 0.6 is 7.82 Å². The quantitative estimate of drug-likeness (QED) is 0.0498. The highest BCUT2D eigenvalue weighted by Crippen LogP contribution is 2.35. The predicted octanol–water partition coefficient (Wildman–Crippen LogP) is 8.75. The van der Waals surface area contributed by atoms with Gasteiger partial charge in [-0.1, -0.05) is 142 Å². The largest absolute Gasteiger partial charge is 0.469 e. The van der Waals surface area contributed by atoms with Crippen molar-refractivity contribution in [2.45, 2.75) is 155 Å². The lowest BCUT2D eigenvalue weighted by atomic mass is 10.1. The fourth-order valence-electron chi connectivity index (χ4n) is 4.44. The molecule has 8 nitrogen and oxygen atoms in total. The van der Waals surface area contributed by atoms with Gasteiger partial charge >= 0.3 is 7.82 Å². The van der Waals surface area contributed by atoms with E-state index in [1.54, 1.807) is 0 Å². The van der Waals surface area contributed by atoms with Crippen molar-refractivity contribution in [2.24, 2.45) is 0 Å². The molecule has 0 heterocycles. The zero-order valence-electron chi connectivity index (χ0n) is 27.0. The number of phosphoric acid groups is 1. The van der Waals surface area contributed by atoms with Crippen molar-refractivity contribution in [1.82, 2.24) is 0 Å². The molecule has 0 bridgehead atoms. The number of unbranched alkanes of at least 4 members (excludes halogenated alkanes) is 20. The van der Waals surface area contributed by atoms with Crippen molar-refractivity contribution in [3.05, 3.63) is 0 Å². The van der Waals surface area contributed by atoms with Crippen molar-refractivity contribution in [2.75, 3.05) is 52.9 Å². The van der Waals surface area contributed by atoms with Crippen LogP contribution in [0.3, 0.4) is 0 Å². The molecule has 3 N–H and O–H groups in total. The molecule has 0 aromatic rings. The van der Waals surface area contributed by atoms with Crippen LogP contribution < -0.4 is 0 Å². The third-order valence-electron chi connectivity index (χ3n) is 6.88. The van der Waals surface area contributed by atoms with Crippen LogP contribution in [0.1, 0.15) is 155 Å². The Morgan fingerprint density at radius 2 is 0.707 bits per heavy atom. The summed E-state index contributed by atoms with van der Waals surface area (Å²) >= 11 is 0. The van der Waals surface area contributed by atoms with Gasteiger partial charge in [0.2, 0.25) is 0 Å². The molecule has 0 aliphatic rings. The number of aliphatic hydroxyl groups is 1. The monoisotopic (exact) mass is 612 g/mol. The molecule has 250 valence electrons. The number of hydrogen-bond acceptors (Lipinski definition) is 6. The number of rotatable bonds is 33. The molecule has 41 heavy (non-hydrogen) atoms. The molecule has 0 aliphatic carbocycles. The third kappa shape index (κ3) is 47.1. The van der Waals surface area contributed by atoms with Gasteiger partial charge in [0.05, 0.1) is 39.6 Å². The lowest BCUT2D eigenvalue weighted by Gasteiger charge is -2.06. The highest BCUT2D eigenvalue weighted by molar-refractivity contribution is 7.46. The van der Waals surface area contributed by atoms with E-state index in [4.69, 9.17) is 29.1 Å². The fourth-order valence-corrected chi connectivity index (χ4v) is 4.75. The van der Waals surface area contributed by atoms with E-state index in [2.05, 4.69) is 18.4 Å². The summed E-state index contributed by atoms with van der Waals surface area (Å²) in [4.78, 5) is 16.5. The van der Waals surface area contributed by atoms with Crippen LogP contribution in [0, 0.1) is 0 Å². The summed E-state index contributed by atoms with van der Waals surface area (Å²) in [6.45, 7) is 7.34. The minimum atomic E-state index is -4.38. The molecular formula is C32H69O8P. The van der Waals surface area contributed by atoms with E-state index in [9.17, 15) is 4.57 Å². The van der Waals surface area contributed by atoms with Gasteiger partial charge in [0.15, 0.2) is 0 Å². The molecule has 0 radical (unpaired) electrons. The second-order valence-electron chi connectivity index (χ2n) is 11.0. The van der Waals surface area contributed by atoms with Crippen LogP contribution in [-0.2, 0) is 23.3 Å². The molecule has 0 atom stereocenters. The molecule has 0 fully saturated rings. The van der Waals surface area contributed by atoms with Crippen molar-refractivity contribution in [1.29, 1.82) is 0 Å². The molecule has 0 aromatic heterocycles. The highest BCUT2D eigenvalue weighted by Gasteiger charge is 2.12. The first-order chi connectivity index (χ1) is 20.0. The van der Waals surface area contributed by atoms with Crippen LogP contribution in [0.4, 0.5) is 0 Å². The van der Waals surface area contributed by atoms with E-state index in [0.717, 1.165) is 13.2 Å². The van der Waals surface area contributed by atoms with Crippen LogP contribution in [-0.4, -0.2) is 67.7 Å². The van der Waals surface area contributed by atoms with E-state index >= 15 is 0 Å². The molecule has 0 saturated carbocycles. The van der Waals surface area contributed by atoms with Gasteiger partial charge in [-0.3, -0.25) is 4.52 Å². The lowest BCUT2D eigenvalue weighted by molar-refractivity contribution is 0.0217. The van der Waals surface area contributed by atoms with Crippen molar-refractivity contribution in [3.8, 4) is 0 Å². The Labute approximate surface area is 253 Å². The summed E-state index contributed by atoms with van der Waals surface area (Å²) in [6, 6.07) is 0. The topological polar surface area (TPSA) is 115 Å². The van der Waals surface area contributed by atoms with Crippen LogP contribution in [0.15, 0.2) is 0 Å². The zero-order chi connectivity index (χ0) is 30.5. The minimum absolute atomic E-state index is 0.0404. The maximum absolute atomic E-state index is 10.2. The van der Waals surface area contributed by atoms with Crippen molar-refractivity contribution < 1.29 is 38.2 Å². The fraction of sp³-hybridized carbons (Fsp3) is 1.00. The molecule has 0 unspecified atom stereocenters. The van der Waals surface area contributed by atoms with Gasteiger partial charge in [0.1, 0.15) is 0 Å². The van der Waals surface area contributed by atoms with E-state index in [0.29, 0.717) is 13.2 Å². The highest BCUT2D eigenvalue weighted by atomic mass is 31.2. The average Bonchev–Trinajstić information content (AvgIpc) is 2.94. The summed E-state index contributed by atoms with van der Waals surface area (Å²) in [7, 11) is -4.38. The van der Waals surface area contributed by atoms with E-state index in [1.807, 2.05) is 0 Å². The Balaban J connectivity index is 0. The molecule has 0 saturated heterocycles. The second-order valence-corrected chi connectivity index (χ2v) is 12.2. The third-order valence-corrected chi connectivity index (χ3v) is 7.40. The number of hydrogen-bond donors (Lipinski definition) is 3. The first-order valence-corrected chi connectivity index (χ1v) is 18.5. The van der Waals surface area contributed by atoms with E-state index in [1.165, 1.54) is 141 Å². The maximum atomic E-state index is 10.2. The first-order valence-electron chi connectivity index (χ1n) is 17.0. The van der Waals surface area contributed by atoms with Gasteiger partial charge in [0, 0.05) is 13.2 Å².